The van der Waals surface area contributed by atoms with E-state index in [4.69, 9.17) is 9.47 Å². The number of carbonyl (C=O) groups excluding carboxylic acids is 1. The molecule has 0 aromatic carbocycles. The summed E-state index contributed by atoms with van der Waals surface area (Å²) in [6.45, 7) is 8.53. The van der Waals surface area contributed by atoms with E-state index in [2.05, 4.69) is 23.1 Å². The van der Waals surface area contributed by atoms with Crippen LogP contribution in [-0.2, 0) is 27.4 Å². The molecule has 0 radical (unpaired) electrons. The molecular formula is C19H30N4O3. The number of carbonyl (C=O) groups is 1. The van der Waals surface area contributed by atoms with E-state index in [0.29, 0.717) is 0 Å². The van der Waals surface area contributed by atoms with E-state index < -0.39 is 0 Å². The molecule has 4 rings (SSSR count). The number of nitrogens with zero attached hydrogens (tertiary/aromatic N) is 4. The quantitative estimate of drug-likeness (QED) is 0.763. The second-order valence-electron chi connectivity index (χ2n) is 7.89. The Morgan fingerprint density at radius 1 is 1.38 bits per heavy atom. The molecule has 1 amide bonds. The fraction of sp³-hybridized carbons (Fsp3) is 0.789. The Hall–Kier alpha value is -1.44. The van der Waals surface area contributed by atoms with Gasteiger partial charge in [0.25, 0.3) is 0 Å². The fourth-order valence-corrected chi connectivity index (χ4v) is 4.39. The van der Waals surface area contributed by atoms with Crippen LogP contribution in [0.5, 0.6) is 0 Å². The molecule has 144 valence electrons. The summed E-state index contributed by atoms with van der Waals surface area (Å²) in [4.78, 5) is 16.5. The van der Waals surface area contributed by atoms with Gasteiger partial charge in [0.1, 0.15) is 6.61 Å². The summed E-state index contributed by atoms with van der Waals surface area (Å²) >= 11 is 0. The molecular weight excluding hydrogens is 332 g/mol. The van der Waals surface area contributed by atoms with Gasteiger partial charge in [0.15, 0.2) is 0 Å². The molecule has 0 saturated carbocycles. The minimum absolute atomic E-state index is 0.0830. The average Bonchev–Trinajstić information content (AvgIpc) is 3.30. The molecule has 7 nitrogen and oxygen atoms in total. The van der Waals surface area contributed by atoms with Crippen LogP contribution >= 0.6 is 0 Å². The largest absolute Gasteiger partial charge is 0.372 e. The number of hydrogen-bond acceptors (Lipinski definition) is 5. The summed E-state index contributed by atoms with van der Waals surface area (Å²) < 4.78 is 14.0. The number of hydrogen-bond donors (Lipinski definition) is 0. The van der Waals surface area contributed by atoms with Gasteiger partial charge in [-0.3, -0.25) is 14.4 Å². The first-order chi connectivity index (χ1) is 12.7. The lowest BCUT2D eigenvalue weighted by Crippen LogP contribution is -2.65. The topological polar surface area (TPSA) is 59.8 Å². The van der Waals surface area contributed by atoms with Gasteiger partial charge in [-0.25, -0.2) is 0 Å². The number of likely N-dealkylation sites (tertiary alicyclic amines) is 2. The summed E-state index contributed by atoms with van der Waals surface area (Å²) in [6, 6.07) is 0. The Labute approximate surface area is 155 Å². The highest BCUT2D eigenvalue weighted by molar-refractivity contribution is 5.77. The first-order valence-electron chi connectivity index (χ1n) is 9.93. The van der Waals surface area contributed by atoms with Gasteiger partial charge in [0.2, 0.25) is 5.91 Å². The molecule has 4 heterocycles. The number of aryl methyl sites for hydroxylation is 1. The van der Waals surface area contributed by atoms with Gasteiger partial charge in [0.05, 0.1) is 17.9 Å². The summed E-state index contributed by atoms with van der Waals surface area (Å²) in [7, 11) is 0. The monoisotopic (exact) mass is 362 g/mol. The van der Waals surface area contributed by atoms with Gasteiger partial charge in [-0.2, -0.15) is 5.10 Å². The van der Waals surface area contributed by atoms with Crippen LogP contribution in [0.3, 0.4) is 0 Å². The number of amides is 1. The zero-order valence-corrected chi connectivity index (χ0v) is 15.7. The highest BCUT2D eigenvalue weighted by atomic mass is 16.5. The molecule has 0 aliphatic carbocycles. The lowest BCUT2D eigenvalue weighted by atomic mass is 9.84. The van der Waals surface area contributed by atoms with Crippen molar-refractivity contribution in [3.8, 4) is 0 Å². The molecule has 3 aliphatic heterocycles. The Kier molecular flexibility index (Phi) is 5.29. The molecule has 26 heavy (non-hydrogen) atoms. The minimum atomic E-state index is -0.0830. The van der Waals surface area contributed by atoms with Crippen molar-refractivity contribution < 1.29 is 14.3 Å². The van der Waals surface area contributed by atoms with Crippen LogP contribution in [0.25, 0.3) is 0 Å². The van der Waals surface area contributed by atoms with Crippen molar-refractivity contribution >= 4 is 5.91 Å². The summed E-state index contributed by atoms with van der Waals surface area (Å²) in [5, 5.41) is 4.34. The van der Waals surface area contributed by atoms with Crippen LogP contribution < -0.4 is 0 Å². The Balaban J connectivity index is 1.22. The van der Waals surface area contributed by atoms with Crippen LogP contribution in [0.2, 0.25) is 0 Å². The van der Waals surface area contributed by atoms with Crippen LogP contribution in [0, 0.1) is 0 Å². The fourth-order valence-electron chi connectivity index (χ4n) is 4.39. The molecule has 0 N–H and O–H groups in total. The smallest absolute Gasteiger partial charge is 0.248 e. The lowest BCUT2D eigenvalue weighted by molar-refractivity contribution is -0.200. The first-order valence-corrected chi connectivity index (χ1v) is 9.93. The predicted octanol–water partition coefficient (Wildman–Crippen LogP) is 1.28. The number of ether oxygens (including phenoxy) is 2. The van der Waals surface area contributed by atoms with Crippen LogP contribution in [-0.4, -0.2) is 76.6 Å². The van der Waals surface area contributed by atoms with Crippen LogP contribution in [0.1, 0.15) is 38.2 Å². The highest BCUT2D eigenvalue weighted by Gasteiger charge is 2.47. The average molecular weight is 362 g/mol. The first kappa shape index (κ1) is 17.9. The lowest BCUT2D eigenvalue weighted by Gasteiger charge is -2.53. The van der Waals surface area contributed by atoms with E-state index >= 15 is 0 Å². The minimum Gasteiger partial charge on any atom is -0.372 e. The van der Waals surface area contributed by atoms with Crippen LogP contribution in [0.4, 0.5) is 0 Å². The van der Waals surface area contributed by atoms with Gasteiger partial charge >= 0.3 is 0 Å². The van der Waals surface area contributed by atoms with E-state index in [0.717, 1.165) is 71.6 Å². The van der Waals surface area contributed by atoms with Crippen molar-refractivity contribution in [2.24, 2.45) is 0 Å². The molecule has 1 aromatic rings. The zero-order chi connectivity index (χ0) is 18.0. The highest BCUT2D eigenvalue weighted by Crippen LogP contribution is 2.36. The van der Waals surface area contributed by atoms with E-state index in [1.54, 1.807) is 0 Å². The van der Waals surface area contributed by atoms with Crippen molar-refractivity contribution in [3.63, 3.8) is 0 Å². The molecule has 0 unspecified atom stereocenters. The van der Waals surface area contributed by atoms with Crippen molar-refractivity contribution in [2.45, 2.75) is 57.4 Å². The molecule has 0 bridgehead atoms. The van der Waals surface area contributed by atoms with Gasteiger partial charge < -0.3 is 14.4 Å². The normalized spacial score (nSPS) is 25.6. The van der Waals surface area contributed by atoms with Crippen LogP contribution in [0.15, 0.2) is 12.4 Å². The van der Waals surface area contributed by atoms with Crippen molar-refractivity contribution in [2.75, 3.05) is 39.4 Å². The molecule has 3 fully saturated rings. The summed E-state index contributed by atoms with van der Waals surface area (Å²) in [5.74, 6) is 0.145. The Bertz CT molecular complexity index is 620. The maximum Gasteiger partial charge on any atom is 0.248 e. The standard InChI is InChI=1S/C19H30N4O3/c1-2-23-12-16(10-20-23)11-21-14-19(15-21)9-17(5-8-26-19)25-13-18(24)22-6-3-4-7-22/h10,12,17H,2-9,11,13-15H2,1H3/t17-/m0/s1. The number of aromatic nitrogens is 2. The molecule has 1 aromatic heterocycles. The third kappa shape index (κ3) is 3.94. The van der Waals surface area contributed by atoms with E-state index in [-0.39, 0.29) is 24.2 Å². The SMILES string of the molecule is CCn1cc(CN2CC3(C[C@@H](OCC(=O)N4CCCC4)CCO3)C2)cn1. The summed E-state index contributed by atoms with van der Waals surface area (Å²) in [6.07, 6.45) is 8.23. The van der Waals surface area contributed by atoms with Gasteiger partial charge in [-0.05, 0) is 26.2 Å². The third-order valence-electron chi connectivity index (χ3n) is 5.79. The van der Waals surface area contributed by atoms with Crippen molar-refractivity contribution in [3.05, 3.63) is 18.0 Å². The van der Waals surface area contributed by atoms with Gasteiger partial charge in [-0.1, -0.05) is 0 Å². The van der Waals surface area contributed by atoms with E-state index in [9.17, 15) is 4.79 Å². The van der Waals surface area contributed by atoms with Crippen molar-refractivity contribution in [1.29, 1.82) is 0 Å². The Morgan fingerprint density at radius 3 is 2.92 bits per heavy atom. The molecule has 7 heteroatoms. The van der Waals surface area contributed by atoms with E-state index in [1.165, 1.54) is 5.56 Å². The summed E-state index contributed by atoms with van der Waals surface area (Å²) in [5.41, 5.74) is 1.17. The third-order valence-corrected chi connectivity index (χ3v) is 5.79. The number of rotatable bonds is 6. The predicted molar refractivity (Wildman–Crippen MR) is 96.6 cm³/mol. The zero-order valence-electron chi connectivity index (χ0n) is 15.7. The molecule has 3 aliphatic rings. The second-order valence-corrected chi connectivity index (χ2v) is 7.89. The molecule has 1 atom stereocenters. The maximum absolute atomic E-state index is 12.2. The maximum atomic E-state index is 12.2. The molecule has 3 saturated heterocycles. The van der Waals surface area contributed by atoms with Gasteiger partial charge in [0, 0.05) is 64.1 Å². The Morgan fingerprint density at radius 2 is 2.19 bits per heavy atom. The van der Waals surface area contributed by atoms with Gasteiger partial charge in [-0.15, -0.1) is 0 Å². The van der Waals surface area contributed by atoms with E-state index in [1.807, 2.05) is 15.8 Å². The second kappa shape index (κ2) is 7.66. The van der Waals surface area contributed by atoms with Crippen molar-refractivity contribution in [1.82, 2.24) is 19.6 Å². The molecule has 1 spiro atoms.